The van der Waals surface area contributed by atoms with Crippen LogP contribution in [0.3, 0.4) is 0 Å². The minimum Gasteiger partial charge on any atom is -0.481 e. The lowest BCUT2D eigenvalue weighted by atomic mass is 10.1. The fourth-order valence-electron chi connectivity index (χ4n) is 2.70. The fraction of sp³-hybridized carbons (Fsp3) is 0.867. The molecule has 2 atom stereocenters. The van der Waals surface area contributed by atoms with Gasteiger partial charge in [0.05, 0.1) is 0 Å². The molecule has 1 saturated heterocycles. The summed E-state index contributed by atoms with van der Waals surface area (Å²) in [7, 11) is 0. The van der Waals surface area contributed by atoms with Crippen LogP contribution in [0.5, 0.6) is 0 Å². The second-order valence-electron chi connectivity index (χ2n) is 6.07. The highest BCUT2D eigenvalue weighted by Crippen LogP contribution is 2.08. The van der Waals surface area contributed by atoms with Crippen molar-refractivity contribution in [1.29, 1.82) is 0 Å². The van der Waals surface area contributed by atoms with Gasteiger partial charge in [0.1, 0.15) is 0 Å². The van der Waals surface area contributed by atoms with Gasteiger partial charge in [-0.1, -0.05) is 6.42 Å². The van der Waals surface area contributed by atoms with E-state index >= 15 is 0 Å². The minimum absolute atomic E-state index is 0.00784. The summed E-state index contributed by atoms with van der Waals surface area (Å²) in [6.07, 6.45) is 5.23. The topological polar surface area (TPSA) is 81.7 Å². The first kappa shape index (κ1) is 17.8. The van der Waals surface area contributed by atoms with Crippen molar-refractivity contribution in [3.63, 3.8) is 0 Å². The molecule has 3 N–H and O–H groups in total. The van der Waals surface area contributed by atoms with E-state index < -0.39 is 5.97 Å². The maximum Gasteiger partial charge on any atom is 0.315 e. The van der Waals surface area contributed by atoms with Crippen LogP contribution in [-0.4, -0.2) is 53.7 Å². The predicted molar refractivity (Wildman–Crippen MR) is 82.4 cm³/mol. The molecule has 0 aromatic carbocycles. The predicted octanol–water partition coefficient (Wildman–Crippen LogP) is 1.80. The number of carbonyl (C=O) groups is 2. The number of aliphatic carboxylic acids is 1. The van der Waals surface area contributed by atoms with Gasteiger partial charge in [-0.2, -0.15) is 0 Å². The summed E-state index contributed by atoms with van der Waals surface area (Å²) >= 11 is 0. The van der Waals surface area contributed by atoms with E-state index in [1.54, 1.807) is 0 Å². The average molecular weight is 299 g/mol. The number of piperidine rings is 1. The molecule has 0 spiro atoms. The molecule has 6 nitrogen and oxygen atoms in total. The molecule has 1 aliphatic heterocycles. The monoisotopic (exact) mass is 299 g/mol. The Kier molecular flexibility index (Phi) is 8.12. The Morgan fingerprint density at radius 2 is 1.71 bits per heavy atom. The van der Waals surface area contributed by atoms with Crippen LogP contribution in [0.25, 0.3) is 0 Å². The van der Waals surface area contributed by atoms with Crippen LogP contribution in [-0.2, 0) is 4.79 Å². The summed E-state index contributed by atoms with van der Waals surface area (Å²) in [5.41, 5.74) is 0. The molecule has 6 heteroatoms. The third kappa shape index (κ3) is 8.55. The van der Waals surface area contributed by atoms with E-state index in [1.165, 1.54) is 19.3 Å². The minimum atomic E-state index is -0.790. The molecule has 1 heterocycles. The van der Waals surface area contributed by atoms with Crippen molar-refractivity contribution in [2.75, 3.05) is 19.6 Å². The zero-order valence-electron chi connectivity index (χ0n) is 13.2. The van der Waals surface area contributed by atoms with Gasteiger partial charge in [0, 0.05) is 25.0 Å². The smallest absolute Gasteiger partial charge is 0.315 e. The van der Waals surface area contributed by atoms with Gasteiger partial charge in [0.25, 0.3) is 0 Å². The Balaban J connectivity index is 2.14. The Hall–Kier alpha value is -1.30. The largest absolute Gasteiger partial charge is 0.481 e. The Labute approximate surface area is 127 Å². The Morgan fingerprint density at radius 1 is 1.10 bits per heavy atom. The maximum absolute atomic E-state index is 11.8. The second kappa shape index (κ2) is 9.60. The number of rotatable bonds is 8. The Morgan fingerprint density at radius 3 is 2.33 bits per heavy atom. The summed E-state index contributed by atoms with van der Waals surface area (Å²) < 4.78 is 0. The van der Waals surface area contributed by atoms with Crippen LogP contribution in [0.2, 0.25) is 0 Å². The number of carbonyl (C=O) groups excluding carboxylic acids is 1. The lowest BCUT2D eigenvalue weighted by Crippen LogP contribution is -2.49. The fourth-order valence-corrected chi connectivity index (χ4v) is 2.70. The molecule has 2 unspecified atom stereocenters. The van der Waals surface area contributed by atoms with E-state index in [4.69, 9.17) is 5.11 Å². The number of carboxylic acid groups (broad SMARTS) is 1. The van der Waals surface area contributed by atoms with Gasteiger partial charge in [0.15, 0.2) is 0 Å². The lowest BCUT2D eigenvalue weighted by molar-refractivity contribution is -0.137. The van der Waals surface area contributed by atoms with E-state index in [1.807, 2.05) is 13.8 Å². The summed E-state index contributed by atoms with van der Waals surface area (Å²) in [6, 6.07) is -0.0526. The molecular weight excluding hydrogens is 270 g/mol. The number of nitrogens with one attached hydrogen (secondary N) is 2. The maximum atomic E-state index is 11.8. The molecule has 0 saturated carbocycles. The van der Waals surface area contributed by atoms with Crippen molar-refractivity contribution in [1.82, 2.24) is 15.5 Å². The van der Waals surface area contributed by atoms with Crippen molar-refractivity contribution < 1.29 is 14.7 Å². The van der Waals surface area contributed by atoms with Crippen molar-refractivity contribution in [3.05, 3.63) is 0 Å². The first-order valence-corrected chi connectivity index (χ1v) is 7.98. The van der Waals surface area contributed by atoms with E-state index in [-0.39, 0.29) is 24.5 Å². The number of hydrogen-bond donors (Lipinski definition) is 3. The quantitative estimate of drug-likeness (QED) is 0.638. The number of nitrogens with zero attached hydrogens (tertiary/aromatic N) is 1. The molecule has 0 bridgehead atoms. The third-order valence-corrected chi connectivity index (χ3v) is 3.76. The SMILES string of the molecule is CC(CCCC(=O)O)NC(=O)NC(C)CN1CCCCC1. The van der Waals surface area contributed by atoms with Gasteiger partial charge in [0.2, 0.25) is 0 Å². The number of amides is 2. The molecule has 1 fully saturated rings. The van der Waals surface area contributed by atoms with Crippen LogP contribution >= 0.6 is 0 Å². The van der Waals surface area contributed by atoms with Crippen molar-refractivity contribution in [2.45, 2.75) is 64.5 Å². The first-order valence-electron chi connectivity index (χ1n) is 7.98. The van der Waals surface area contributed by atoms with E-state index in [9.17, 15) is 9.59 Å². The van der Waals surface area contributed by atoms with Crippen LogP contribution in [0, 0.1) is 0 Å². The average Bonchev–Trinajstić information content (AvgIpc) is 2.38. The summed E-state index contributed by atoms with van der Waals surface area (Å²) in [6.45, 7) is 7.05. The van der Waals surface area contributed by atoms with Gasteiger partial charge >= 0.3 is 12.0 Å². The van der Waals surface area contributed by atoms with Gasteiger partial charge < -0.3 is 20.6 Å². The molecule has 2 amide bonds. The molecule has 122 valence electrons. The number of likely N-dealkylation sites (tertiary alicyclic amines) is 1. The molecule has 21 heavy (non-hydrogen) atoms. The van der Waals surface area contributed by atoms with Crippen molar-refractivity contribution in [3.8, 4) is 0 Å². The molecular formula is C15H29N3O3. The second-order valence-corrected chi connectivity index (χ2v) is 6.07. The number of hydrogen-bond acceptors (Lipinski definition) is 3. The van der Waals surface area contributed by atoms with E-state index in [0.717, 1.165) is 19.6 Å². The van der Waals surface area contributed by atoms with Gasteiger partial charge in [-0.3, -0.25) is 4.79 Å². The summed E-state index contributed by atoms with van der Waals surface area (Å²) in [4.78, 5) is 24.7. The Bertz CT molecular complexity index is 330. The van der Waals surface area contributed by atoms with Gasteiger partial charge in [-0.05, 0) is 52.6 Å². The summed E-state index contributed by atoms with van der Waals surface area (Å²) in [5, 5.41) is 14.4. The van der Waals surface area contributed by atoms with E-state index in [0.29, 0.717) is 12.8 Å². The first-order chi connectivity index (χ1) is 9.97. The molecule has 1 rings (SSSR count). The molecule has 1 aliphatic rings. The molecule has 0 radical (unpaired) electrons. The third-order valence-electron chi connectivity index (χ3n) is 3.76. The van der Waals surface area contributed by atoms with Crippen LogP contribution in [0.15, 0.2) is 0 Å². The van der Waals surface area contributed by atoms with Crippen molar-refractivity contribution >= 4 is 12.0 Å². The molecule has 0 aromatic rings. The van der Waals surface area contributed by atoms with Crippen molar-refractivity contribution in [2.24, 2.45) is 0 Å². The number of urea groups is 1. The molecule has 0 aliphatic carbocycles. The summed E-state index contributed by atoms with van der Waals surface area (Å²) in [5.74, 6) is -0.790. The van der Waals surface area contributed by atoms with Crippen LogP contribution in [0.1, 0.15) is 52.4 Å². The standard InChI is InChI=1S/C15H29N3O3/c1-12(7-6-8-14(19)20)16-15(21)17-13(2)11-18-9-4-3-5-10-18/h12-13H,3-11H2,1-2H3,(H,19,20)(H2,16,17,21). The normalized spacial score (nSPS) is 18.8. The van der Waals surface area contributed by atoms with E-state index in [2.05, 4.69) is 15.5 Å². The zero-order chi connectivity index (χ0) is 15.7. The highest BCUT2D eigenvalue weighted by atomic mass is 16.4. The zero-order valence-corrected chi connectivity index (χ0v) is 13.2. The van der Waals surface area contributed by atoms with Gasteiger partial charge in [-0.25, -0.2) is 4.79 Å². The van der Waals surface area contributed by atoms with Crippen LogP contribution < -0.4 is 10.6 Å². The highest BCUT2D eigenvalue weighted by molar-refractivity contribution is 5.74. The number of carboxylic acids is 1. The molecule has 0 aromatic heterocycles. The highest BCUT2D eigenvalue weighted by Gasteiger charge is 2.15. The van der Waals surface area contributed by atoms with Crippen LogP contribution in [0.4, 0.5) is 4.79 Å². The lowest BCUT2D eigenvalue weighted by Gasteiger charge is -2.29. The van der Waals surface area contributed by atoms with Gasteiger partial charge in [-0.15, -0.1) is 0 Å².